The van der Waals surface area contributed by atoms with E-state index >= 15 is 0 Å². The minimum absolute atomic E-state index is 0.231. The zero-order valence-corrected chi connectivity index (χ0v) is 12.6. The van der Waals surface area contributed by atoms with Gasteiger partial charge in [0, 0.05) is 17.2 Å². The predicted octanol–water partition coefficient (Wildman–Crippen LogP) is 4.42. The highest BCUT2D eigenvalue weighted by Crippen LogP contribution is 2.38. The molecule has 2 N–H and O–H groups in total. The largest absolute Gasteiger partial charge is 0.438 e. The molecular formula is C14H12BrF3N2O. The highest BCUT2D eigenvalue weighted by atomic mass is 79.9. The smallest absolute Gasteiger partial charge is 0.421 e. The quantitative estimate of drug-likeness (QED) is 0.880. The standard InChI is InChI=1S/C14H12BrF3N2O/c1-8-2-3-9(6-19)4-12(8)21-13-11(14(16,17)18)5-10(15)7-20-13/h2-5,7H,6,19H2,1H3. The lowest BCUT2D eigenvalue weighted by Crippen LogP contribution is -2.09. The Morgan fingerprint density at radius 1 is 1.29 bits per heavy atom. The molecule has 0 fully saturated rings. The molecule has 21 heavy (non-hydrogen) atoms. The van der Waals surface area contributed by atoms with Crippen LogP contribution in [-0.4, -0.2) is 4.98 Å². The van der Waals surface area contributed by atoms with E-state index in [0.717, 1.165) is 11.6 Å². The van der Waals surface area contributed by atoms with Crippen LogP contribution in [0, 0.1) is 6.92 Å². The van der Waals surface area contributed by atoms with Crippen LogP contribution >= 0.6 is 15.9 Å². The third-order valence-electron chi connectivity index (χ3n) is 2.82. The Morgan fingerprint density at radius 3 is 2.62 bits per heavy atom. The Hall–Kier alpha value is -1.60. The van der Waals surface area contributed by atoms with Gasteiger partial charge < -0.3 is 10.5 Å². The average molecular weight is 361 g/mol. The fourth-order valence-corrected chi connectivity index (χ4v) is 2.03. The second-order valence-corrected chi connectivity index (χ2v) is 5.33. The first-order valence-electron chi connectivity index (χ1n) is 6.01. The molecule has 2 aromatic rings. The van der Waals surface area contributed by atoms with Crippen LogP contribution in [-0.2, 0) is 12.7 Å². The monoisotopic (exact) mass is 360 g/mol. The summed E-state index contributed by atoms with van der Waals surface area (Å²) in [4.78, 5) is 3.72. The molecule has 1 aromatic carbocycles. The number of hydrogen-bond acceptors (Lipinski definition) is 3. The third kappa shape index (κ3) is 3.74. The number of nitrogens with zero attached hydrogens (tertiary/aromatic N) is 1. The molecule has 0 bridgehead atoms. The fourth-order valence-electron chi connectivity index (χ4n) is 1.70. The second-order valence-electron chi connectivity index (χ2n) is 4.41. The lowest BCUT2D eigenvalue weighted by molar-refractivity contribution is -0.138. The lowest BCUT2D eigenvalue weighted by atomic mass is 10.1. The van der Waals surface area contributed by atoms with Gasteiger partial charge in [-0.25, -0.2) is 4.98 Å². The van der Waals surface area contributed by atoms with E-state index in [4.69, 9.17) is 10.5 Å². The molecule has 112 valence electrons. The molecular weight excluding hydrogens is 349 g/mol. The number of aryl methyl sites for hydroxylation is 1. The number of pyridine rings is 1. The van der Waals surface area contributed by atoms with Crippen LogP contribution in [0.3, 0.4) is 0 Å². The molecule has 3 nitrogen and oxygen atoms in total. The number of hydrogen-bond donors (Lipinski definition) is 1. The first-order valence-corrected chi connectivity index (χ1v) is 6.80. The summed E-state index contributed by atoms with van der Waals surface area (Å²) in [7, 11) is 0. The van der Waals surface area contributed by atoms with E-state index in [1.165, 1.54) is 6.20 Å². The topological polar surface area (TPSA) is 48.1 Å². The van der Waals surface area contributed by atoms with Gasteiger partial charge in [-0.2, -0.15) is 13.2 Å². The van der Waals surface area contributed by atoms with Crippen molar-refractivity contribution < 1.29 is 17.9 Å². The molecule has 2 rings (SSSR count). The Bertz CT molecular complexity index is 659. The minimum Gasteiger partial charge on any atom is -0.438 e. The highest BCUT2D eigenvalue weighted by Gasteiger charge is 2.36. The molecule has 7 heteroatoms. The predicted molar refractivity (Wildman–Crippen MR) is 76.1 cm³/mol. The summed E-state index contributed by atoms with van der Waals surface area (Å²) in [5.41, 5.74) is 6.05. The molecule has 0 spiro atoms. The summed E-state index contributed by atoms with van der Waals surface area (Å²) >= 11 is 2.98. The van der Waals surface area contributed by atoms with Gasteiger partial charge in [-0.05, 0) is 46.1 Å². The summed E-state index contributed by atoms with van der Waals surface area (Å²) in [6.45, 7) is 2.01. The van der Waals surface area contributed by atoms with Gasteiger partial charge in [0.25, 0.3) is 0 Å². The Morgan fingerprint density at radius 2 is 2.00 bits per heavy atom. The van der Waals surface area contributed by atoms with Crippen molar-refractivity contribution in [1.82, 2.24) is 4.98 Å². The van der Waals surface area contributed by atoms with E-state index in [2.05, 4.69) is 20.9 Å². The van der Waals surface area contributed by atoms with Gasteiger partial charge in [0.15, 0.2) is 0 Å². The molecule has 0 aliphatic heterocycles. The number of aromatic nitrogens is 1. The van der Waals surface area contributed by atoms with Crippen molar-refractivity contribution in [2.75, 3.05) is 0 Å². The summed E-state index contributed by atoms with van der Waals surface area (Å²) in [5, 5.41) is 0. The van der Waals surface area contributed by atoms with Gasteiger partial charge in [-0.3, -0.25) is 0 Å². The van der Waals surface area contributed by atoms with Crippen molar-refractivity contribution in [2.45, 2.75) is 19.6 Å². The number of ether oxygens (including phenoxy) is 1. The number of benzene rings is 1. The second kappa shape index (κ2) is 6.03. The number of halogens is 4. The van der Waals surface area contributed by atoms with Crippen molar-refractivity contribution in [3.63, 3.8) is 0 Å². The van der Waals surface area contributed by atoms with Gasteiger partial charge >= 0.3 is 6.18 Å². The SMILES string of the molecule is Cc1ccc(CN)cc1Oc1ncc(Br)cc1C(F)(F)F. The van der Waals surface area contributed by atoms with Gasteiger partial charge in [-0.1, -0.05) is 12.1 Å². The first-order chi connectivity index (χ1) is 9.81. The van der Waals surface area contributed by atoms with Crippen LogP contribution in [0.25, 0.3) is 0 Å². The molecule has 1 heterocycles. The summed E-state index contributed by atoms with van der Waals surface area (Å²) in [6.07, 6.45) is -3.29. The third-order valence-corrected chi connectivity index (χ3v) is 3.25. The van der Waals surface area contributed by atoms with Gasteiger partial charge in [0.2, 0.25) is 5.88 Å². The molecule has 0 saturated carbocycles. The van der Waals surface area contributed by atoms with E-state index < -0.39 is 17.6 Å². The van der Waals surface area contributed by atoms with Crippen molar-refractivity contribution in [3.05, 3.63) is 51.6 Å². The molecule has 0 amide bonds. The minimum atomic E-state index is -4.55. The van der Waals surface area contributed by atoms with E-state index in [-0.39, 0.29) is 11.0 Å². The Labute approximate surface area is 128 Å². The normalized spacial score (nSPS) is 11.5. The molecule has 0 saturated heterocycles. The highest BCUT2D eigenvalue weighted by molar-refractivity contribution is 9.10. The molecule has 0 aliphatic carbocycles. The van der Waals surface area contributed by atoms with Crippen LogP contribution in [0.4, 0.5) is 13.2 Å². The van der Waals surface area contributed by atoms with E-state index in [1.807, 2.05) is 0 Å². The Balaban J connectivity index is 2.45. The summed E-state index contributed by atoms with van der Waals surface area (Å²) < 4.78 is 44.6. The van der Waals surface area contributed by atoms with Gasteiger partial charge in [-0.15, -0.1) is 0 Å². The fraction of sp³-hybridized carbons (Fsp3) is 0.214. The summed E-state index contributed by atoms with van der Waals surface area (Å²) in [6, 6.07) is 6.08. The van der Waals surface area contributed by atoms with Crippen LogP contribution < -0.4 is 10.5 Å². The molecule has 1 aromatic heterocycles. The average Bonchev–Trinajstić information content (AvgIpc) is 2.42. The molecule has 0 unspecified atom stereocenters. The maximum absolute atomic E-state index is 13.0. The lowest BCUT2D eigenvalue weighted by Gasteiger charge is -2.14. The number of alkyl halides is 3. The first kappa shape index (κ1) is 15.8. The molecule has 0 radical (unpaired) electrons. The zero-order valence-electron chi connectivity index (χ0n) is 11.0. The van der Waals surface area contributed by atoms with E-state index in [0.29, 0.717) is 11.3 Å². The van der Waals surface area contributed by atoms with Crippen molar-refractivity contribution in [2.24, 2.45) is 5.73 Å². The number of rotatable bonds is 3. The van der Waals surface area contributed by atoms with Crippen molar-refractivity contribution >= 4 is 15.9 Å². The van der Waals surface area contributed by atoms with Crippen molar-refractivity contribution in [1.29, 1.82) is 0 Å². The van der Waals surface area contributed by atoms with E-state index in [9.17, 15) is 13.2 Å². The molecule has 0 aliphatic rings. The van der Waals surface area contributed by atoms with Crippen LogP contribution in [0.5, 0.6) is 11.6 Å². The summed E-state index contributed by atoms with van der Waals surface area (Å²) in [5.74, 6) is -0.179. The van der Waals surface area contributed by atoms with Gasteiger partial charge in [0.1, 0.15) is 11.3 Å². The van der Waals surface area contributed by atoms with Gasteiger partial charge in [0.05, 0.1) is 0 Å². The van der Waals surface area contributed by atoms with Crippen LogP contribution in [0.2, 0.25) is 0 Å². The maximum Gasteiger partial charge on any atom is 0.421 e. The van der Waals surface area contributed by atoms with E-state index in [1.54, 1.807) is 25.1 Å². The zero-order chi connectivity index (χ0) is 15.6. The Kier molecular flexibility index (Phi) is 4.53. The van der Waals surface area contributed by atoms with Crippen molar-refractivity contribution in [3.8, 4) is 11.6 Å². The number of nitrogens with two attached hydrogens (primary N) is 1. The van der Waals surface area contributed by atoms with Crippen LogP contribution in [0.15, 0.2) is 34.9 Å². The maximum atomic E-state index is 13.0. The van der Waals surface area contributed by atoms with Crippen LogP contribution in [0.1, 0.15) is 16.7 Å². The molecule has 0 atom stereocenters.